The average molecular weight is 354 g/mol. The molecular weight excluding hydrogens is 336 g/mol. The predicted molar refractivity (Wildman–Crippen MR) is 94.7 cm³/mol. The predicted octanol–water partition coefficient (Wildman–Crippen LogP) is 3.39. The van der Waals surface area contributed by atoms with E-state index in [1.807, 2.05) is 24.3 Å². The number of esters is 1. The van der Waals surface area contributed by atoms with Crippen LogP contribution in [-0.4, -0.2) is 32.6 Å². The number of hydrogen-bond acceptors (Lipinski definition) is 6. The molecule has 0 amide bonds. The van der Waals surface area contributed by atoms with Gasteiger partial charge in [-0.3, -0.25) is 4.79 Å². The van der Waals surface area contributed by atoms with Crippen LogP contribution in [0, 0.1) is 0 Å². The monoisotopic (exact) mass is 354 g/mol. The zero-order chi connectivity index (χ0) is 18.7. The van der Waals surface area contributed by atoms with Crippen LogP contribution in [0.5, 0.6) is 17.2 Å². The van der Waals surface area contributed by atoms with Crippen LogP contribution in [0.4, 0.5) is 0 Å². The third kappa shape index (κ3) is 3.26. The molecule has 0 aromatic heterocycles. The van der Waals surface area contributed by atoms with Gasteiger partial charge < -0.3 is 18.9 Å². The van der Waals surface area contributed by atoms with Crippen molar-refractivity contribution < 1.29 is 28.5 Å². The smallest absolute Gasteiger partial charge is 0.334 e. The van der Waals surface area contributed by atoms with Gasteiger partial charge in [-0.25, -0.2) is 4.79 Å². The zero-order valence-electron chi connectivity index (χ0n) is 14.7. The molecular formula is C20H18O6. The van der Waals surface area contributed by atoms with Crippen LogP contribution in [0.1, 0.15) is 17.3 Å². The number of benzene rings is 2. The molecule has 0 radical (unpaired) electrons. The summed E-state index contributed by atoms with van der Waals surface area (Å²) in [4.78, 5) is 24.2. The van der Waals surface area contributed by atoms with Gasteiger partial charge >= 0.3 is 5.97 Å². The van der Waals surface area contributed by atoms with Gasteiger partial charge in [0, 0.05) is 11.6 Å². The lowest BCUT2D eigenvalue weighted by atomic mass is 9.99. The van der Waals surface area contributed by atoms with Crippen molar-refractivity contribution in [3.05, 3.63) is 53.8 Å². The summed E-state index contributed by atoms with van der Waals surface area (Å²) in [5.74, 6) is 0.579. The Morgan fingerprint density at radius 1 is 1.08 bits per heavy atom. The Balaban J connectivity index is 2.01. The molecule has 0 spiro atoms. The number of rotatable bonds is 5. The van der Waals surface area contributed by atoms with E-state index < -0.39 is 5.97 Å². The van der Waals surface area contributed by atoms with Crippen molar-refractivity contribution in [1.82, 2.24) is 0 Å². The highest BCUT2D eigenvalue weighted by molar-refractivity contribution is 6.15. The molecule has 0 aliphatic carbocycles. The lowest BCUT2D eigenvalue weighted by Gasteiger charge is -2.11. The molecule has 0 bridgehead atoms. The number of hydrogen-bond donors (Lipinski definition) is 0. The molecule has 0 N–H and O–H groups in total. The number of fused-ring (bicyclic) bond motifs is 1. The fourth-order valence-corrected chi connectivity index (χ4v) is 2.67. The highest BCUT2D eigenvalue weighted by atomic mass is 16.5. The van der Waals surface area contributed by atoms with Gasteiger partial charge in [0.2, 0.25) is 5.78 Å². The molecule has 6 heteroatoms. The van der Waals surface area contributed by atoms with E-state index in [2.05, 4.69) is 0 Å². The Hall–Kier alpha value is -3.28. The molecule has 26 heavy (non-hydrogen) atoms. The Morgan fingerprint density at radius 3 is 2.42 bits per heavy atom. The summed E-state index contributed by atoms with van der Waals surface area (Å²) >= 11 is 0. The average Bonchev–Trinajstić information content (AvgIpc) is 2.95. The van der Waals surface area contributed by atoms with Crippen molar-refractivity contribution in [1.29, 1.82) is 0 Å². The first-order valence-corrected chi connectivity index (χ1v) is 8.04. The Labute approximate surface area is 150 Å². The number of ether oxygens (including phenoxy) is 4. The Kier molecular flexibility index (Phi) is 4.93. The van der Waals surface area contributed by atoms with E-state index >= 15 is 0 Å². The quantitative estimate of drug-likeness (QED) is 0.605. The van der Waals surface area contributed by atoms with Crippen LogP contribution in [0.3, 0.4) is 0 Å². The molecule has 0 saturated carbocycles. The van der Waals surface area contributed by atoms with E-state index in [4.69, 9.17) is 18.9 Å². The third-order valence-electron chi connectivity index (χ3n) is 3.93. The number of allylic oxidation sites excluding steroid dienone is 1. The SMILES string of the molecule is CCOC(=O)/C=C1\Oc2cc(OC)c(-c3ccc(OC)cc3)cc2C1=O. The van der Waals surface area contributed by atoms with E-state index in [1.54, 1.807) is 33.3 Å². The first-order chi connectivity index (χ1) is 12.6. The first kappa shape index (κ1) is 17.5. The number of ketones is 1. The minimum absolute atomic E-state index is 0.0626. The third-order valence-corrected chi connectivity index (χ3v) is 3.93. The second kappa shape index (κ2) is 7.31. The summed E-state index contributed by atoms with van der Waals surface area (Å²) in [5.41, 5.74) is 1.97. The van der Waals surface area contributed by atoms with Gasteiger partial charge in [-0.15, -0.1) is 0 Å². The van der Waals surface area contributed by atoms with E-state index in [1.165, 1.54) is 0 Å². The number of methoxy groups -OCH3 is 2. The summed E-state index contributed by atoms with van der Waals surface area (Å²) in [5, 5.41) is 0. The van der Waals surface area contributed by atoms with Crippen LogP contribution >= 0.6 is 0 Å². The van der Waals surface area contributed by atoms with E-state index in [0.717, 1.165) is 23.0 Å². The molecule has 3 rings (SSSR count). The maximum absolute atomic E-state index is 12.6. The second-order valence-corrected chi connectivity index (χ2v) is 5.47. The summed E-state index contributed by atoms with van der Waals surface area (Å²) < 4.78 is 20.9. The molecule has 1 heterocycles. The minimum atomic E-state index is -0.619. The summed E-state index contributed by atoms with van der Waals surface area (Å²) in [7, 11) is 3.14. The molecule has 2 aromatic rings. The fraction of sp³-hybridized carbons (Fsp3) is 0.200. The van der Waals surface area contributed by atoms with Crippen LogP contribution in [0.25, 0.3) is 11.1 Å². The van der Waals surface area contributed by atoms with Crippen molar-refractivity contribution in [2.75, 3.05) is 20.8 Å². The molecule has 6 nitrogen and oxygen atoms in total. The van der Waals surface area contributed by atoms with Gasteiger partial charge in [0.05, 0.1) is 32.5 Å². The van der Waals surface area contributed by atoms with Crippen molar-refractivity contribution in [3.8, 4) is 28.4 Å². The van der Waals surface area contributed by atoms with E-state index in [9.17, 15) is 9.59 Å². The lowest BCUT2D eigenvalue weighted by Crippen LogP contribution is -2.06. The van der Waals surface area contributed by atoms with E-state index in [0.29, 0.717) is 17.1 Å². The van der Waals surface area contributed by atoms with Crippen molar-refractivity contribution >= 4 is 11.8 Å². The molecule has 1 aliphatic heterocycles. The number of Topliss-reactive ketones (excluding diaryl/α,β-unsaturated/α-hetero) is 1. The van der Waals surface area contributed by atoms with Crippen LogP contribution in [0.2, 0.25) is 0 Å². The van der Waals surface area contributed by atoms with Crippen molar-refractivity contribution in [2.45, 2.75) is 6.92 Å². The normalized spacial score (nSPS) is 14.0. The van der Waals surface area contributed by atoms with Crippen molar-refractivity contribution in [2.24, 2.45) is 0 Å². The van der Waals surface area contributed by atoms with Gasteiger partial charge in [-0.1, -0.05) is 12.1 Å². The van der Waals surface area contributed by atoms with Crippen molar-refractivity contribution in [3.63, 3.8) is 0 Å². The molecule has 134 valence electrons. The fourth-order valence-electron chi connectivity index (χ4n) is 2.67. The van der Waals surface area contributed by atoms with E-state index in [-0.39, 0.29) is 18.1 Å². The van der Waals surface area contributed by atoms with Crippen LogP contribution < -0.4 is 14.2 Å². The number of carbonyl (C=O) groups excluding carboxylic acids is 2. The largest absolute Gasteiger partial charge is 0.497 e. The minimum Gasteiger partial charge on any atom is -0.497 e. The molecule has 0 fully saturated rings. The van der Waals surface area contributed by atoms with Gasteiger partial charge in [0.15, 0.2) is 5.76 Å². The van der Waals surface area contributed by atoms with Crippen LogP contribution in [0.15, 0.2) is 48.2 Å². The Bertz CT molecular complexity index is 880. The summed E-state index contributed by atoms with van der Waals surface area (Å²) in [6, 6.07) is 10.7. The Morgan fingerprint density at radius 2 is 1.81 bits per heavy atom. The number of carbonyl (C=O) groups is 2. The standard InChI is InChI=1S/C20H18O6/c1-4-25-19(21)11-18-20(22)15-9-14(16(24-3)10-17(15)26-18)12-5-7-13(23-2)8-6-12/h5-11H,4H2,1-3H3/b18-11-. The summed E-state index contributed by atoms with van der Waals surface area (Å²) in [6.07, 6.45) is 1.06. The first-order valence-electron chi connectivity index (χ1n) is 8.04. The summed E-state index contributed by atoms with van der Waals surface area (Å²) in [6.45, 7) is 1.91. The maximum atomic E-state index is 12.6. The van der Waals surface area contributed by atoms with Gasteiger partial charge in [0.1, 0.15) is 17.2 Å². The highest BCUT2D eigenvalue weighted by Crippen LogP contribution is 2.41. The van der Waals surface area contributed by atoms with Gasteiger partial charge in [-0.05, 0) is 30.7 Å². The van der Waals surface area contributed by atoms with Crippen LogP contribution in [-0.2, 0) is 9.53 Å². The second-order valence-electron chi connectivity index (χ2n) is 5.47. The molecule has 0 saturated heterocycles. The zero-order valence-corrected chi connectivity index (χ0v) is 14.7. The lowest BCUT2D eigenvalue weighted by molar-refractivity contribution is -0.137. The highest BCUT2D eigenvalue weighted by Gasteiger charge is 2.30. The van der Waals surface area contributed by atoms with Gasteiger partial charge in [0.25, 0.3) is 0 Å². The topological polar surface area (TPSA) is 71.1 Å². The molecule has 0 atom stereocenters. The van der Waals surface area contributed by atoms with Gasteiger partial charge in [-0.2, -0.15) is 0 Å². The molecule has 0 unspecified atom stereocenters. The molecule has 1 aliphatic rings. The maximum Gasteiger partial charge on any atom is 0.334 e. The molecule has 2 aromatic carbocycles.